The Morgan fingerprint density at radius 2 is 2.00 bits per heavy atom. The van der Waals surface area contributed by atoms with Crippen LogP contribution in [0.4, 0.5) is 5.69 Å². The van der Waals surface area contributed by atoms with Crippen molar-refractivity contribution in [3.05, 3.63) is 24.3 Å². The molecular weight excluding hydrogens is 178 g/mol. The molecule has 0 fully saturated rings. The number of thioether (sulfide) groups is 1. The molecule has 0 aromatic heterocycles. The molecule has 0 aliphatic carbocycles. The maximum atomic E-state index is 3.53. The molecule has 13 heavy (non-hydrogen) atoms. The fourth-order valence-electron chi connectivity index (χ4n) is 1.45. The van der Waals surface area contributed by atoms with Crippen molar-refractivity contribution < 1.29 is 0 Å². The molecule has 1 aliphatic heterocycles. The summed E-state index contributed by atoms with van der Waals surface area (Å²) in [6.07, 6.45) is 0. The number of hydrogen-bond donors (Lipinski definition) is 1. The topological polar surface area (TPSA) is 12.0 Å². The smallest absolute Gasteiger partial charge is 0.0481 e. The molecule has 1 aromatic rings. The van der Waals surface area contributed by atoms with Crippen LogP contribution in [0.3, 0.4) is 0 Å². The number of fused-ring (bicyclic) bond motifs is 1. The van der Waals surface area contributed by atoms with Crippen LogP contribution in [0.2, 0.25) is 0 Å². The Morgan fingerprint density at radius 1 is 1.31 bits per heavy atom. The number of para-hydroxylation sites is 1. The van der Waals surface area contributed by atoms with Gasteiger partial charge < -0.3 is 5.32 Å². The third-order valence-corrected chi connectivity index (χ3v) is 4.13. The summed E-state index contributed by atoms with van der Waals surface area (Å²) >= 11 is 1.96. The highest BCUT2D eigenvalue weighted by atomic mass is 32.2. The van der Waals surface area contributed by atoms with E-state index in [0.717, 1.165) is 0 Å². The molecule has 1 N–H and O–H groups in total. The normalized spacial score (nSPS) is 24.7. The lowest BCUT2D eigenvalue weighted by atomic mass is 10.0. The van der Waals surface area contributed by atoms with Gasteiger partial charge in [0.1, 0.15) is 0 Å². The number of benzene rings is 1. The minimum Gasteiger partial charge on any atom is -0.380 e. The summed E-state index contributed by atoms with van der Waals surface area (Å²) in [4.78, 5) is 1.37. The van der Waals surface area contributed by atoms with E-state index >= 15 is 0 Å². The molecule has 1 heterocycles. The molecule has 1 atom stereocenters. The van der Waals surface area contributed by atoms with Crippen LogP contribution in [0.15, 0.2) is 29.2 Å². The van der Waals surface area contributed by atoms with Gasteiger partial charge in [0.25, 0.3) is 0 Å². The van der Waals surface area contributed by atoms with Gasteiger partial charge in [-0.15, -0.1) is 11.8 Å². The second kappa shape index (κ2) is 2.95. The summed E-state index contributed by atoms with van der Waals surface area (Å²) < 4.78 is 0.286. The van der Waals surface area contributed by atoms with Crippen LogP contribution < -0.4 is 5.32 Å². The summed E-state index contributed by atoms with van der Waals surface area (Å²) in [5.74, 6) is 0. The van der Waals surface area contributed by atoms with Crippen molar-refractivity contribution in [2.75, 3.05) is 5.32 Å². The number of nitrogens with one attached hydrogen (secondary N) is 1. The van der Waals surface area contributed by atoms with Gasteiger partial charge in [0.05, 0.1) is 0 Å². The maximum absolute atomic E-state index is 3.53. The molecule has 0 radical (unpaired) electrons. The molecule has 0 bridgehead atoms. The molecule has 0 amide bonds. The van der Waals surface area contributed by atoms with Crippen molar-refractivity contribution in [1.82, 2.24) is 0 Å². The van der Waals surface area contributed by atoms with Crippen molar-refractivity contribution in [3.63, 3.8) is 0 Å². The summed E-state index contributed by atoms with van der Waals surface area (Å²) in [5.41, 5.74) is 1.28. The second-order valence-corrected chi connectivity index (χ2v) is 5.76. The maximum Gasteiger partial charge on any atom is 0.0481 e. The van der Waals surface area contributed by atoms with E-state index in [1.54, 1.807) is 0 Å². The zero-order valence-corrected chi connectivity index (χ0v) is 9.11. The van der Waals surface area contributed by atoms with Gasteiger partial charge in [0.2, 0.25) is 0 Å². The van der Waals surface area contributed by atoms with Crippen molar-refractivity contribution in [3.8, 4) is 0 Å². The summed E-state index contributed by atoms with van der Waals surface area (Å²) in [5, 5.41) is 3.53. The van der Waals surface area contributed by atoms with Gasteiger partial charge in [-0.3, -0.25) is 0 Å². The molecule has 2 rings (SSSR count). The average Bonchev–Trinajstić information content (AvgIpc) is 2.06. The quantitative estimate of drug-likeness (QED) is 0.678. The van der Waals surface area contributed by atoms with Crippen LogP contribution in [0, 0.1) is 0 Å². The minimum atomic E-state index is 0.286. The molecule has 0 saturated carbocycles. The van der Waals surface area contributed by atoms with Crippen LogP contribution in [0.1, 0.15) is 20.8 Å². The number of anilines is 1. The van der Waals surface area contributed by atoms with Gasteiger partial charge in [-0.05, 0) is 32.9 Å². The first kappa shape index (κ1) is 8.95. The van der Waals surface area contributed by atoms with Gasteiger partial charge in [-0.2, -0.15) is 0 Å². The van der Waals surface area contributed by atoms with Gasteiger partial charge in [0, 0.05) is 21.4 Å². The first-order valence-corrected chi connectivity index (χ1v) is 5.46. The first-order chi connectivity index (χ1) is 6.09. The Balaban J connectivity index is 2.39. The molecule has 2 heteroatoms. The molecule has 0 unspecified atom stereocenters. The highest BCUT2D eigenvalue weighted by Gasteiger charge is 2.32. The Labute approximate surface area is 83.9 Å². The third kappa shape index (κ3) is 1.55. The Bertz CT molecular complexity index is 320. The van der Waals surface area contributed by atoms with E-state index in [-0.39, 0.29) is 4.75 Å². The monoisotopic (exact) mass is 193 g/mol. The van der Waals surface area contributed by atoms with Crippen LogP contribution in [-0.2, 0) is 0 Å². The first-order valence-electron chi connectivity index (χ1n) is 4.64. The molecular formula is C11H15NS. The van der Waals surface area contributed by atoms with Crippen LogP contribution >= 0.6 is 11.8 Å². The van der Waals surface area contributed by atoms with E-state index in [2.05, 4.69) is 50.4 Å². The van der Waals surface area contributed by atoms with Crippen LogP contribution in [0.5, 0.6) is 0 Å². The summed E-state index contributed by atoms with van der Waals surface area (Å²) in [6.45, 7) is 6.81. The third-order valence-electron chi connectivity index (χ3n) is 2.67. The molecule has 70 valence electrons. The van der Waals surface area contributed by atoms with Gasteiger partial charge in [0.15, 0.2) is 0 Å². The van der Waals surface area contributed by atoms with Crippen molar-refractivity contribution in [2.45, 2.75) is 36.5 Å². The SMILES string of the molecule is C[C@H]1Nc2ccccc2SC1(C)C. The van der Waals surface area contributed by atoms with E-state index in [1.807, 2.05) is 11.8 Å². The zero-order chi connectivity index (χ0) is 9.47. The van der Waals surface area contributed by atoms with E-state index in [9.17, 15) is 0 Å². The molecule has 1 aromatic carbocycles. The van der Waals surface area contributed by atoms with Crippen molar-refractivity contribution >= 4 is 17.4 Å². The van der Waals surface area contributed by atoms with Gasteiger partial charge in [-0.1, -0.05) is 12.1 Å². The van der Waals surface area contributed by atoms with E-state index < -0.39 is 0 Å². The van der Waals surface area contributed by atoms with Crippen molar-refractivity contribution in [2.24, 2.45) is 0 Å². The van der Waals surface area contributed by atoms with Crippen LogP contribution in [-0.4, -0.2) is 10.8 Å². The predicted octanol–water partition coefficient (Wildman–Crippen LogP) is 3.37. The standard InChI is InChI=1S/C11H15NS/c1-8-11(2,3)13-10-7-5-4-6-9(10)12-8/h4-8,12H,1-3H3/t8-/m1/s1. The fraction of sp³-hybridized carbons (Fsp3) is 0.455. The Hall–Kier alpha value is -0.630. The lowest BCUT2D eigenvalue weighted by Gasteiger charge is -2.38. The average molecular weight is 193 g/mol. The van der Waals surface area contributed by atoms with Gasteiger partial charge in [-0.25, -0.2) is 0 Å². The Morgan fingerprint density at radius 3 is 2.77 bits per heavy atom. The number of rotatable bonds is 0. The van der Waals surface area contributed by atoms with E-state index in [4.69, 9.17) is 0 Å². The number of hydrogen-bond acceptors (Lipinski definition) is 2. The van der Waals surface area contributed by atoms with Gasteiger partial charge >= 0.3 is 0 Å². The zero-order valence-electron chi connectivity index (χ0n) is 8.29. The lowest BCUT2D eigenvalue weighted by Crippen LogP contribution is -2.39. The van der Waals surface area contributed by atoms with Crippen LogP contribution in [0.25, 0.3) is 0 Å². The predicted molar refractivity (Wildman–Crippen MR) is 59.5 cm³/mol. The van der Waals surface area contributed by atoms with E-state index in [0.29, 0.717) is 6.04 Å². The molecule has 1 nitrogen and oxygen atoms in total. The molecule has 0 saturated heterocycles. The highest BCUT2D eigenvalue weighted by molar-refractivity contribution is 8.01. The second-order valence-electron chi connectivity index (χ2n) is 4.07. The molecule has 0 spiro atoms. The van der Waals surface area contributed by atoms with Crippen molar-refractivity contribution in [1.29, 1.82) is 0 Å². The Kier molecular flexibility index (Phi) is 2.03. The fourth-order valence-corrected chi connectivity index (χ4v) is 2.64. The largest absolute Gasteiger partial charge is 0.380 e. The van der Waals surface area contributed by atoms with E-state index in [1.165, 1.54) is 10.6 Å². The minimum absolute atomic E-state index is 0.286. The summed E-state index contributed by atoms with van der Waals surface area (Å²) in [6, 6.07) is 9.03. The summed E-state index contributed by atoms with van der Waals surface area (Å²) in [7, 11) is 0. The highest BCUT2D eigenvalue weighted by Crippen LogP contribution is 2.43. The lowest BCUT2D eigenvalue weighted by molar-refractivity contribution is 0.602. The molecule has 1 aliphatic rings.